The monoisotopic (exact) mass is 247 g/mol. The van der Waals surface area contributed by atoms with Gasteiger partial charge in [0.05, 0.1) is 11.8 Å². The summed E-state index contributed by atoms with van der Waals surface area (Å²) in [5.74, 6) is -0.710. The quantitative estimate of drug-likeness (QED) is 0.840. The highest BCUT2D eigenvalue weighted by atomic mass is 19.4. The predicted molar refractivity (Wildman–Crippen MR) is 53.3 cm³/mol. The number of rotatable bonds is 2. The van der Waals surface area contributed by atoms with Gasteiger partial charge >= 0.3 is 6.18 Å². The van der Waals surface area contributed by atoms with Crippen LogP contribution in [0.1, 0.15) is 41.7 Å². The molecule has 17 heavy (non-hydrogen) atoms. The van der Waals surface area contributed by atoms with E-state index in [-0.39, 0.29) is 6.04 Å². The van der Waals surface area contributed by atoms with Gasteiger partial charge in [0.25, 0.3) is 5.91 Å². The topological polar surface area (TPSA) is 57.8 Å². The van der Waals surface area contributed by atoms with E-state index in [1.54, 1.807) is 0 Å². The van der Waals surface area contributed by atoms with Crippen molar-refractivity contribution in [3.05, 3.63) is 17.5 Å². The molecule has 0 atom stereocenters. The Hall–Kier alpha value is -1.53. The molecule has 1 heterocycles. The maximum absolute atomic E-state index is 12.5. The second-order valence-electron chi connectivity index (χ2n) is 4.11. The SMILES string of the molecule is O=C(NC1CCCC1)c1cn[nH]c1C(F)(F)F. The summed E-state index contributed by atoms with van der Waals surface area (Å²) in [5, 5.41) is 7.69. The van der Waals surface area contributed by atoms with Crippen LogP contribution >= 0.6 is 0 Å². The van der Waals surface area contributed by atoms with Crippen LogP contribution in [-0.2, 0) is 6.18 Å². The van der Waals surface area contributed by atoms with Crippen molar-refractivity contribution in [1.82, 2.24) is 15.5 Å². The molecule has 1 fully saturated rings. The number of nitrogens with one attached hydrogen (secondary N) is 2. The average molecular weight is 247 g/mol. The molecule has 1 aromatic heterocycles. The summed E-state index contributed by atoms with van der Waals surface area (Å²) in [7, 11) is 0. The number of alkyl halides is 3. The van der Waals surface area contributed by atoms with Crippen LogP contribution < -0.4 is 5.32 Å². The fraction of sp³-hybridized carbons (Fsp3) is 0.600. The summed E-state index contributed by atoms with van der Waals surface area (Å²) in [6.45, 7) is 0. The zero-order valence-electron chi connectivity index (χ0n) is 8.97. The molecule has 1 saturated carbocycles. The number of carbonyl (C=O) groups excluding carboxylic acids is 1. The molecule has 0 unspecified atom stereocenters. The van der Waals surface area contributed by atoms with Crippen molar-refractivity contribution < 1.29 is 18.0 Å². The molecule has 7 heteroatoms. The minimum atomic E-state index is -4.58. The van der Waals surface area contributed by atoms with E-state index in [4.69, 9.17) is 0 Å². The smallest absolute Gasteiger partial charge is 0.349 e. The van der Waals surface area contributed by atoms with Crippen molar-refractivity contribution in [2.75, 3.05) is 0 Å². The van der Waals surface area contributed by atoms with Crippen LogP contribution in [0.3, 0.4) is 0 Å². The maximum atomic E-state index is 12.5. The molecule has 0 radical (unpaired) electrons. The lowest BCUT2D eigenvalue weighted by atomic mass is 10.2. The van der Waals surface area contributed by atoms with Crippen molar-refractivity contribution in [2.45, 2.75) is 37.9 Å². The van der Waals surface area contributed by atoms with Gasteiger partial charge in [-0.15, -0.1) is 0 Å². The van der Waals surface area contributed by atoms with Gasteiger partial charge in [-0.05, 0) is 12.8 Å². The highest BCUT2D eigenvalue weighted by molar-refractivity contribution is 5.95. The Morgan fingerprint density at radius 1 is 1.41 bits per heavy atom. The van der Waals surface area contributed by atoms with Crippen molar-refractivity contribution in [1.29, 1.82) is 0 Å². The molecule has 94 valence electrons. The number of carbonyl (C=O) groups is 1. The molecule has 1 amide bonds. The third-order valence-electron chi connectivity index (χ3n) is 2.86. The molecule has 2 N–H and O–H groups in total. The fourth-order valence-electron chi connectivity index (χ4n) is 2.01. The molecule has 1 aromatic rings. The van der Waals surface area contributed by atoms with E-state index in [9.17, 15) is 18.0 Å². The van der Waals surface area contributed by atoms with Gasteiger partial charge in [-0.25, -0.2) is 0 Å². The number of hydrogen-bond acceptors (Lipinski definition) is 2. The Morgan fingerprint density at radius 3 is 2.65 bits per heavy atom. The Morgan fingerprint density at radius 2 is 2.06 bits per heavy atom. The number of hydrogen-bond donors (Lipinski definition) is 2. The minimum absolute atomic E-state index is 0.0153. The van der Waals surface area contributed by atoms with Crippen molar-refractivity contribution >= 4 is 5.91 Å². The zero-order chi connectivity index (χ0) is 12.5. The lowest BCUT2D eigenvalue weighted by Crippen LogP contribution is -2.33. The molecule has 0 saturated heterocycles. The molecule has 0 spiro atoms. The van der Waals surface area contributed by atoms with Crippen molar-refractivity contribution in [2.24, 2.45) is 0 Å². The third-order valence-corrected chi connectivity index (χ3v) is 2.86. The lowest BCUT2D eigenvalue weighted by molar-refractivity contribution is -0.141. The van der Waals surface area contributed by atoms with Crippen molar-refractivity contribution in [3.63, 3.8) is 0 Å². The molecular formula is C10H12F3N3O. The molecule has 0 bridgehead atoms. The number of H-pyrrole nitrogens is 1. The van der Waals surface area contributed by atoms with E-state index in [1.807, 2.05) is 5.10 Å². The molecule has 0 aliphatic heterocycles. The molecular weight excluding hydrogens is 235 g/mol. The van der Waals surface area contributed by atoms with Crippen molar-refractivity contribution in [3.8, 4) is 0 Å². The van der Waals surface area contributed by atoms with Crippen LogP contribution in [0, 0.1) is 0 Å². The standard InChI is InChI=1S/C10H12F3N3O/c11-10(12,13)8-7(5-14-16-8)9(17)15-6-3-1-2-4-6/h5-6H,1-4H2,(H,14,16)(H,15,17). The number of aromatic amines is 1. The molecule has 2 rings (SSSR count). The molecule has 1 aliphatic carbocycles. The van der Waals surface area contributed by atoms with Crippen LogP contribution in [0.5, 0.6) is 0 Å². The number of nitrogens with zero attached hydrogens (tertiary/aromatic N) is 1. The van der Waals surface area contributed by atoms with Crippen LogP contribution in [0.2, 0.25) is 0 Å². The molecule has 1 aliphatic rings. The Balaban J connectivity index is 2.11. The van der Waals surface area contributed by atoms with E-state index in [0.717, 1.165) is 31.9 Å². The molecule has 0 aromatic carbocycles. The predicted octanol–water partition coefficient (Wildman–Crippen LogP) is 2.10. The highest BCUT2D eigenvalue weighted by Gasteiger charge is 2.37. The van der Waals surface area contributed by atoms with Gasteiger partial charge in [0, 0.05) is 6.04 Å². The van der Waals surface area contributed by atoms with Gasteiger partial charge < -0.3 is 5.32 Å². The zero-order valence-corrected chi connectivity index (χ0v) is 8.97. The Bertz CT molecular complexity index is 407. The van der Waals surface area contributed by atoms with Gasteiger partial charge in [-0.1, -0.05) is 12.8 Å². The number of aromatic nitrogens is 2. The number of amides is 1. The maximum Gasteiger partial charge on any atom is 0.433 e. The second kappa shape index (κ2) is 4.38. The van der Waals surface area contributed by atoms with E-state index < -0.39 is 23.3 Å². The van der Waals surface area contributed by atoms with Crippen LogP contribution in [0.4, 0.5) is 13.2 Å². The largest absolute Gasteiger partial charge is 0.433 e. The van der Waals surface area contributed by atoms with E-state index in [2.05, 4.69) is 10.4 Å². The first kappa shape index (κ1) is 11.9. The first-order valence-electron chi connectivity index (χ1n) is 5.40. The van der Waals surface area contributed by atoms with E-state index >= 15 is 0 Å². The van der Waals surface area contributed by atoms with Gasteiger partial charge in [-0.2, -0.15) is 18.3 Å². The number of halogens is 3. The summed E-state index contributed by atoms with van der Waals surface area (Å²) in [5.41, 5.74) is -1.53. The average Bonchev–Trinajstić information content (AvgIpc) is 2.85. The Labute approximate surface area is 95.6 Å². The third kappa shape index (κ3) is 2.59. The van der Waals surface area contributed by atoms with Gasteiger partial charge in [-0.3, -0.25) is 9.89 Å². The first-order valence-corrected chi connectivity index (χ1v) is 5.40. The highest BCUT2D eigenvalue weighted by Crippen LogP contribution is 2.30. The van der Waals surface area contributed by atoms with Gasteiger partial charge in [0.1, 0.15) is 0 Å². The van der Waals surface area contributed by atoms with Gasteiger partial charge in [0.2, 0.25) is 0 Å². The minimum Gasteiger partial charge on any atom is -0.349 e. The molecule has 4 nitrogen and oxygen atoms in total. The summed E-state index contributed by atoms with van der Waals surface area (Å²) in [6.07, 6.45) is -0.0211. The van der Waals surface area contributed by atoms with E-state index in [0.29, 0.717) is 0 Å². The lowest BCUT2D eigenvalue weighted by Gasteiger charge is -2.12. The summed E-state index contributed by atoms with van der Waals surface area (Å²) in [6, 6.07) is -0.0153. The van der Waals surface area contributed by atoms with Crippen LogP contribution in [0.15, 0.2) is 6.20 Å². The van der Waals surface area contributed by atoms with Crippen LogP contribution in [-0.4, -0.2) is 22.1 Å². The summed E-state index contributed by atoms with van der Waals surface area (Å²) in [4.78, 5) is 11.7. The van der Waals surface area contributed by atoms with Crippen LogP contribution in [0.25, 0.3) is 0 Å². The summed E-state index contributed by atoms with van der Waals surface area (Å²) >= 11 is 0. The normalized spacial score (nSPS) is 17.4. The first-order chi connectivity index (χ1) is 7.98. The van der Waals surface area contributed by atoms with Gasteiger partial charge in [0.15, 0.2) is 5.69 Å². The van der Waals surface area contributed by atoms with E-state index in [1.165, 1.54) is 0 Å². The Kier molecular flexibility index (Phi) is 3.08. The summed E-state index contributed by atoms with van der Waals surface area (Å²) < 4.78 is 37.5. The second-order valence-corrected chi connectivity index (χ2v) is 4.11. The fourth-order valence-corrected chi connectivity index (χ4v) is 2.01.